The monoisotopic (exact) mass is 480 g/mol. The van der Waals surface area contributed by atoms with E-state index in [9.17, 15) is 24.0 Å². The Labute approximate surface area is 192 Å². The molecule has 0 saturated carbocycles. The number of hydrogen-bond donors (Lipinski definition) is 8. The van der Waals surface area contributed by atoms with Crippen molar-refractivity contribution in [2.45, 2.75) is 63.7 Å². The average molecular weight is 481 g/mol. The summed E-state index contributed by atoms with van der Waals surface area (Å²) in [6.45, 7) is 3.61. The van der Waals surface area contributed by atoms with E-state index in [1.807, 2.05) is 0 Å². The maximum absolute atomic E-state index is 12.8. The normalized spacial score (nSPS) is 14.8. The minimum Gasteiger partial charge on any atom is -0.481 e. The third kappa shape index (κ3) is 11.8. The summed E-state index contributed by atoms with van der Waals surface area (Å²) in [5, 5.41) is 25.2. The first kappa shape index (κ1) is 29.0. The van der Waals surface area contributed by atoms with E-state index in [1.54, 1.807) is 13.8 Å². The molecule has 0 radical (unpaired) electrons. The number of thiol groups is 2. The Morgan fingerprint density at radius 2 is 1.35 bits per heavy atom. The molecule has 13 heteroatoms. The minimum absolute atomic E-state index is 0.0359. The van der Waals surface area contributed by atoms with Crippen LogP contribution in [0, 0.1) is 5.92 Å². The van der Waals surface area contributed by atoms with E-state index >= 15 is 0 Å². The molecule has 178 valence electrons. The van der Waals surface area contributed by atoms with Gasteiger partial charge in [-0.15, -0.1) is 0 Å². The number of carbonyl (C=O) groups excluding carboxylic acids is 3. The summed E-state index contributed by atoms with van der Waals surface area (Å²) in [4.78, 5) is 59.6. The van der Waals surface area contributed by atoms with Crippen molar-refractivity contribution in [2.75, 3.05) is 11.5 Å². The molecule has 11 nitrogen and oxygen atoms in total. The number of aliphatic carboxylic acids is 2. The highest BCUT2D eigenvalue weighted by atomic mass is 32.1. The second kappa shape index (κ2) is 14.9. The van der Waals surface area contributed by atoms with Crippen molar-refractivity contribution in [1.82, 2.24) is 16.0 Å². The van der Waals surface area contributed by atoms with E-state index in [4.69, 9.17) is 15.9 Å². The Morgan fingerprint density at radius 3 is 1.81 bits per heavy atom. The third-order valence-corrected chi connectivity index (χ3v) is 4.82. The standard InChI is InChI=1S/C18H32N4O7S2/c1-9(2)7-12(17(27)22-13(8-31)18(28)29)21-16(26)11(3-4-14(23)24)20-15(25)10(19)5-6-30/h9-13,30-31H,3-8,19H2,1-2H3,(H,20,25)(H,21,26)(H,22,27)(H,23,24)(H,28,29)/t10-,11-,12-,13+/m0/s1. The number of rotatable bonds is 15. The quantitative estimate of drug-likeness (QED) is 0.137. The van der Waals surface area contributed by atoms with Crippen molar-refractivity contribution in [3.05, 3.63) is 0 Å². The lowest BCUT2D eigenvalue weighted by atomic mass is 10.0. The highest BCUT2D eigenvalue weighted by molar-refractivity contribution is 7.80. The van der Waals surface area contributed by atoms with E-state index in [0.717, 1.165) is 0 Å². The number of hydrogen-bond acceptors (Lipinski definition) is 8. The van der Waals surface area contributed by atoms with Gasteiger partial charge in [0.25, 0.3) is 0 Å². The fraction of sp³-hybridized carbons (Fsp3) is 0.722. The Bertz CT molecular complexity index is 648. The number of amides is 3. The molecule has 7 N–H and O–H groups in total. The Morgan fingerprint density at radius 1 is 0.839 bits per heavy atom. The molecule has 0 spiro atoms. The second-order valence-corrected chi connectivity index (χ2v) is 8.20. The van der Waals surface area contributed by atoms with Crippen molar-refractivity contribution in [2.24, 2.45) is 11.7 Å². The summed E-state index contributed by atoms with van der Waals surface area (Å²) < 4.78 is 0. The van der Waals surface area contributed by atoms with Gasteiger partial charge in [0.2, 0.25) is 17.7 Å². The molecular weight excluding hydrogens is 448 g/mol. The molecule has 3 amide bonds. The number of carbonyl (C=O) groups is 5. The molecule has 31 heavy (non-hydrogen) atoms. The van der Waals surface area contributed by atoms with Crippen LogP contribution in [0.15, 0.2) is 0 Å². The first-order valence-electron chi connectivity index (χ1n) is 9.75. The summed E-state index contributed by atoms with van der Waals surface area (Å²) in [6.07, 6.45) is -0.178. The Balaban J connectivity index is 5.43. The first-order chi connectivity index (χ1) is 14.4. The summed E-state index contributed by atoms with van der Waals surface area (Å²) in [7, 11) is 0. The van der Waals surface area contributed by atoms with Crippen LogP contribution < -0.4 is 21.7 Å². The van der Waals surface area contributed by atoms with Crippen LogP contribution in [-0.4, -0.2) is 75.5 Å². The molecule has 0 aliphatic carbocycles. The average Bonchev–Trinajstić information content (AvgIpc) is 2.67. The molecule has 0 unspecified atom stereocenters. The van der Waals surface area contributed by atoms with Crippen LogP contribution in [0.3, 0.4) is 0 Å². The van der Waals surface area contributed by atoms with Gasteiger partial charge in [0.1, 0.15) is 18.1 Å². The van der Waals surface area contributed by atoms with Gasteiger partial charge in [0.15, 0.2) is 0 Å². The number of carboxylic acids is 2. The molecule has 0 fully saturated rings. The summed E-state index contributed by atoms with van der Waals surface area (Å²) in [5.74, 6) is -4.43. The molecule has 0 saturated heterocycles. The predicted octanol–water partition coefficient (Wildman–Crippen LogP) is -0.987. The molecule has 0 heterocycles. The van der Waals surface area contributed by atoms with Crippen molar-refractivity contribution in [1.29, 1.82) is 0 Å². The van der Waals surface area contributed by atoms with E-state index in [0.29, 0.717) is 5.75 Å². The fourth-order valence-electron chi connectivity index (χ4n) is 2.52. The van der Waals surface area contributed by atoms with Gasteiger partial charge in [-0.2, -0.15) is 25.3 Å². The van der Waals surface area contributed by atoms with Crippen molar-refractivity contribution >= 4 is 54.9 Å². The van der Waals surface area contributed by atoms with Gasteiger partial charge in [-0.25, -0.2) is 4.79 Å². The van der Waals surface area contributed by atoms with Crippen molar-refractivity contribution in [3.8, 4) is 0 Å². The van der Waals surface area contributed by atoms with E-state index < -0.39 is 60.2 Å². The zero-order chi connectivity index (χ0) is 24.1. The second-order valence-electron chi connectivity index (χ2n) is 7.39. The number of nitrogens with two attached hydrogens (primary N) is 1. The lowest BCUT2D eigenvalue weighted by molar-refractivity contribution is -0.141. The largest absolute Gasteiger partial charge is 0.481 e. The van der Waals surface area contributed by atoms with E-state index in [-0.39, 0.29) is 30.9 Å². The third-order valence-electron chi connectivity index (χ3n) is 4.19. The summed E-state index contributed by atoms with van der Waals surface area (Å²) in [6, 6.07) is -4.51. The van der Waals surface area contributed by atoms with Gasteiger partial charge < -0.3 is 31.9 Å². The zero-order valence-corrected chi connectivity index (χ0v) is 19.3. The van der Waals surface area contributed by atoms with Gasteiger partial charge >= 0.3 is 11.9 Å². The van der Waals surface area contributed by atoms with Crippen LogP contribution in [0.4, 0.5) is 0 Å². The smallest absolute Gasteiger partial charge is 0.327 e. The lowest BCUT2D eigenvalue weighted by Gasteiger charge is -2.25. The Hall–Kier alpha value is -1.99. The van der Waals surface area contributed by atoms with Gasteiger partial charge in [-0.1, -0.05) is 13.8 Å². The highest BCUT2D eigenvalue weighted by Gasteiger charge is 2.30. The summed E-state index contributed by atoms with van der Waals surface area (Å²) in [5.41, 5.74) is 5.71. The van der Waals surface area contributed by atoms with Crippen LogP contribution in [-0.2, 0) is 24.0 Å². The van der Waals surface area contributed by atoms with Crippen LogP contribution in [0.2, 0.25) is 0 Å². The maximum Gasteiger partial charge on any atom is 0.327 e. The molecule has 0 aromatic heterocycles. The minimum atomic E-state index is -1.28. The molecule has 0 aliphatic rings. The summed E-state index contributed by atoms with van der Waals surface area (Å²) >= 11 is 7.88. The van der Waals surface area contributed by atoms with Crippen LogP contribution >= 0.6 is 25.3 Å². The van der Waals surface area contributed by atoms with Gasteiger partial charge in [0.05, 0.1) is 6.04 Å². The lowest BCUT2D eigenvalue weighted by Crippen LogP contribution is -2.57. The molecule has 0 aromatic rings. The SMILES string of the molecule is CC(C)C[C@H](NC(=O)[C@H](CCC(=O)O)NC(=O)[C@@H](N)CCS)C(=O)N[C@H](CS)C(=O)O. The van der Waals surface area contributed by atoms with Gasteiger partial charge in [0, 0.05) is 12.2 Å². The van der Waals surface area contributed by atoms with E-state index in [2.05, 4.69) is 41.2 Å². The predicted molar refractivity (Wildman–Crippen MR) is 120 cm³/mol. The van der Waals surface area contributed by atoms with Crippen LogP contribution in [0.1, 0.15) is 39.5 Å². The van der Waals surface area contributed by atoms with Crippen molar-refractivity contribution in [3.63, 3.8) is 0 Å². The Kier molecular flexibility index (Phi) is 14.0. The zero-order valence-electron chi connectivity index (χ0n) is 17.5. The van der Waals surface area contributed by atoms with Crippen molar-refractivity contribution < 1.29 is 34.2 Å². The highest BCUT2D eigenvalue weighted by Crippen LogP contribution is 2.08. The maximum atomic E-state index is 12.8. The number of nitrogens with one attached hydrogen (secondary N) is 3. The topological polar surface area (TPSA) is 188 Å². The van der Waals surface area contributed by atoms with Crippen LogP contribution in [0.25, 0.3) is 0 Å². The first-order valence-corrected chi connectivity index (χ1v) is 11.0. The van der Waals surface area contributed by atoms with Gasteiger partial charge in [-0.3, -0.25) is 19.2 Å². The molecule has 0 bridgehead atoms. The molecule has 0 rings (SSSR count). The molecule has 0 aliphatic heterocycles. The van der Waals surface area contributed by atoms with Gasteiger partial charge in [-0.05, 0) is 30.9 Å². The molecule has 4 atom stereocenters. The molecule has 0 aromatic carbocycles. The van der Waals surface area contributed by atoms with E-state index in [1.165, 1.54) is 0 Å². The van der Waals surface area contributed by atoms with Crippen LogP contribution in [0.5, 0.6) is 0 Å². The number of carboxylic acid groups (broad SMARTS) is 2. The molecular formula is C18H32N4O7S2. The fourth-order valence-corrected chi connectivity index (χ4v) is 3.04.